The lowest BCUT2D eigenvalue weighted by atomic mass is 10.3. The number of halogens is 1. The molecule has 0 saturated carbocycles. The van der Waals surface area contributed by atoms with Crippen LogP contribution in [0.5, 0.6) is 5.75 Å². The number of carbonyl (C=O) groups is 1. The number of hydrogen-bond donors (Lipinski definition) is 0. The normalized spacial score (nSPS) is 9.06. The Morgan fingerprint density at radius 2 is 1.78 bits per heavy atom. The van der Waals surface area contributed by atoms with Crippen LogP contribution in [-0.2, 0) is 4.79 Å². The number of nitriles is 2. The van der Waals surface area contributed by atoms with Crippen LogP contribution >= 0.6 is 15.9 Å². The van der Waals surface area contributed by atoms with Crippen molar-refractivity contribution in [3.05, 3.63) is 28.7 Å². The molecule has 0 spiro atoms. The number of carbonyl (C=O) groups excluding carboxylic acids is 1. The van der Waals surface area contributed by atoms with Crippen LogP contribution in [0.4, 0.5) is 0 Å². The molecule has 1 aromatic rings. The zero-order chi connectivity index (χ0) is 13.4. The second kappa shape index (κ2) is 7.31. The van der Waals surface area contributed by atoms with Gasteiger partial charge in [0.05, 0.1) is 12.1 Å². The molecule has 0 unspecified atom stereocenters. The molecule has 0 aliphatic carbocycles. The number of rotatable bonds is 5. The van der Waals surface area contributed by atoms with E-state index in [1.54, 1.807) is 24.3 Å². The highest BCUT2D eigenvalue weighted by molar-refractivity contribution is 9.10. The third-order valence-corrected chi connectivity index (χ3v) is 2.58. The van der Waals surface area contributed by atoms with Gasteiger partial charge in [-0.2, -0.15) is 10.5 Å². The van der Waals surface area contributed by atoms with Gasteiger partial charge in [-0.05, 0) is 24.3 Å². The third kappa shape index (κ3) is 4.44. The maximum Gasteiger partial charge on any atom is 0.262 e. The summed E-state index contributed by atoms with van der Waals surface area (Å²) < 4.78 is 6.18. The zero-order valence-corrected chi connectivity index (χ0v) is 11.1. The highest BCUT2D eigenvalue weighted by Crippen LogP contribution is 2.15. The van der Waals surface area contributed by atoms with Gasteiger partial charge in [0, 0.05) is 4.47 Å². The maximum absolute atomic E-state index is 11.7. The van der Waals surface area contributed by atoms with E-state index in [2.05, 4.69) is 15.9 Å². The Morgan fingerprint density at radius 1 is 1.22 bits per heavy atom. The van der Waals surface area contributed by atoms with Gasteiger partial charge in [-0.25, -0.2) is 0 Å². The average Bonchev–Trinajstić information content (AvgIpc) is 2.37. The van der Waals surface area contributed by atoms with Gasteiger partial charge in [0.25, 0.3) is 5.91 Å². The minimum atomic E-state index is -0.388. The molecule has 0 fully saturated rings. The molecule has 0 aromatic heterocycles. The smallest absolute Gasteiger partial charge is 0.262 e. The van der Waals surface area contributed by atoms with E-state index in [9.17, 15) is 4.79 Å². The lowest BCUT2D eigenvalue weighted by molar-refractivity contribution is -0.132. The van der Waals surface area contributed by atoms with Crippen molar-refractivity contribution < 1.29 is 9.53 Å². The fourth-order valence-electron chi connectivity index (χ4n) is 1.17. The van der Waals surface area contributed by atoms with Gasteiger partial charge in [-0.3, -0.25) is 4.79 Å². The monoisotopic (exact) mass is 307 g/mol. The average molecular weight is 308 g/mol. The molecule has 0 aliphatic heterocycles. The second-order valence-electron chi connectivity index (χ2n) is 3.31. The van der Waals surface area contributed by atoms with E-state index in [1.165, 1.54) is 0 Å². The molecule has 0 aliphatic rings. The summed E-state index contributed by atoms with van der Waals surface area (Å²) >= 11 is 3.29. The molecule has 92 valence electrons. The van der Waals surface area contributed by atoms with Gasteiger partial charge in [0.2, 0.25) is 0 Å². The van der Waals surface area contributed by atoms with E-state index in [-0.39, 0.29) is 25.6 Å². The van der Waals surface area contributed by atoms with Crippen LogP contribution in [0, 0.1) is 22.7 Å². The van der Waals surface area contributed by atoms with Gasteiger partial charge in [0.1, 0.15) is 18.8 Å². The van der Waals surface area contributed by atoms with E-state index >= 15 is 0 Å². The molecule has 0 saturated heterocycles. The van der Waals surface area contributed by atoms with Crippen molar-refractivity contribution in [2.24, 2.45) is 0 Å². The molecule has 0 radical (unpaired) electrons. The van der Waals surface area contributed by atoms with E-state index in [4.69, 9.17) is 15.3 Å². The summed E-state index contributed by atoms with van der Waals surface area (Å²) in [5.41, 5.74) is 0. The van der Waals surface area contributed by atoms with E-state index in [0.717, 1.165) is 9.37 Å². The fraction of sp³-hybridized carbons (Fsp3) is 0.250. The molecule has 0 N–H and O–H groups in total. The van der Waals surface area contributed by atoms with Crippen LogP contribution in [0.15, 0.2) is 28.7 Å². The van der Waals surface area contributed by atoms with Crippen LogP contribution in [0.1, 0.15) is 0 Å². The molecule has 0 atom stereocenters. The molecule has 0 heterocycles. The first-order chi connectivity index (χ1) is 8.67. The fourth-order valence-corrected chi connectivity index (χ4v) is 1.43. The zero-order valence-electron chi connectivity index (χ0n) is 9.47. The lowest BCUT2D eigenvalue weighted by Gasteiger charge is -2.15. The molecular weight excluding hydrogens is 298 g/mol. The number of amides is 1. The number of benzene rings is 1. The van der Waals surface area contributed by atoms with Crippen molar-refractivity contribution in [2.45, 2.75) is 0 Å². The topological polar surface area (TPSA) is 77.1 Å². The van der Waals surface area contributed by atoms with Crippen molar-refractivity contribution in [3.63, 3.8) is 0 Å². The van der Waals surface area contributed by atoms with Crippen molar-refractivity contribution >= 4 is 21.8 Å². The summed E-state index contributed by atoms with van der Waals surface area (Å²) in [5, 5.41) is 17.1. The minimum Gasteiger partial charge on any atom is -0.484 e. The lowest BCUT2D eigenvalue weighted by Crippen LogP contribution is -2.35. The highest BCUT2D eigenvalue weighted by Gasteiger charge is 2.13. The summed E-state index contributed by atoms with van der Waals surface area (Å²) in [6.07, 6.45) is 0. The van der Waals surface area contributed by atoms with Gasteiger partial charge in [-0.15, -0.1) is 0 Å². The Morgan fingerprint density at radius 3 is 2.28 bits per heavy atom. The molecule has 5 nitrogen and oxygen atoms in total. The largest absolute Gasteiger partial charge is 0.484 e. The van der Waals surface area contributed by atoms with Crippen molar-refractivity contribution in [1.82, 2.24) is 4.90 Å². The van der Waals surface area contributed by atoms with Crippen molar-refractivity contribution in [3.8, 4) is 17.9 Å². The standard InChI is InChI=1S/C12H10BrN3O2/c13-10-1-3-11(4-2-10)18-9-12(17)16(7-5-14)8-6-15/h1-4H,7-9H2. The summed E-state index contributed by atoms with van der Waals surface area (Å²) in [7, 11) is 0. The first-order valence-corrected chi connectivity index (χ1v) is 5.86. The van der Waals surface area contributed by atoms with Crippen molar-refractivity contribution in [1.29, 1.82) is 10.5 Å². The summed E-state index contributed by atoms with van der Waals surface area (Å²) in [4.78, 5) is 12.8. The van der Waals surface area contributed by atoms with Crippen LogP contribution in [0.2, 0.25) is 0 Å². The predicted octanol–water partition coefficient (Wildman–Crippen LogP) is 1.70. The van der Waals surface area contributed by atoms with E-state index < -0.39 is 0 Å². The summed E-state index contributed by atoms with van der Waals surface area (Å²) in [6.45, 7) is -0.419. The summed E-state index contributed by atoms with van der Waals surface area (Å²) in [6, 6.07) is 10.7. The Labute approximate surface area is 113 Å². The third-order valence-electron chi connectivity index (χ3n) is 2.05. The Bertz CT molecular complexity index is 472. The minimum absolute atomic E-state index is 0.115. The van der Waals surface area contributed by atoms with Crippen LogP contribution in [0.25, 0.3) is 0 Å². The summed E-state index contributed by atoms with van der Waals surface area (Å²) in [5.74, 6) is 0.168. The van der Waals surface area contributed by atoms with E-state index in [1.807, 2.05) is 12.1 Å². The second-order valence-corrected chi connectivity index (χ2v) is 4.22. The molecule has 6 heteroatoms. The Hall–Kier alpha value is -2.05. The molecule has 1 amide bonds. The van der Waals surface area contributed by atoms with Crippen LogP contribution < -0.4 is 4.74 Å². The van der Waals surface area contributed by atoms with Gasteiger partial charge in [-0.1, -0.05) is 15.9 Å². The van der Waals surface area contributed by atoms with E-state index in [0.29, 0.717) is 5.75 Å². The van der Waals surface area contributed by atoms with Crippen molar-refractivity contribution in [2.75, 3.05) is 19.7 Å². The molecule has 1 aromatic carbocycles. The molecule has 0 bridgehead atoms. The predicted molar refractivity (Wildman–Crippen MR) is 67.4 cm³/mol. The Kier molecular flexibility index (Phi) is 5.69. The maximum atomic E-state index is 11.7. The number of nitrogens with zero attached hydrogens (tertiary/aromatic N) is 3. The Balaban J connectivity index is 2.52. The molecule has 18 heavy (non-hydrogen) atoms. The first kappa shape index (κ1) is 14.0. The molecular formula is C12H10BrN3O2. The SMILES string of the molecule is N#CCN(CC#N)C(=O)COc1ccc(Br)cc1. The number of hydrogen-bond acceptors (Lipinski definition) is 4. The number of ether oxygens (including phenoxy) is 1. The quantitative estimate of drug-likeness (QED) is 0.776. The van der Waals surface area contributed by atoms with Gasteiger partial charge < -0.3 is 9.64 Å². The van der Waals surface area contributed by atoms with Gasteiger partial charge >= 0.3 is 0 Å². The van der Waals surface area contributed by atoms with Crippen LogP contribution in [0.3, 0.4) is 0 Å². The molecule has 1 rings (SSSR count). The highest BCUT2D eigenvalue weighted by atomic mass is 79.9. The van der Waals surface area contributed by atoms with Crippen LogP contribution in [-0.4, -0.2) is 30.5 Å². The first-order valence-electron chi connectivity index (χ1n) is 5.07. The van der Waals surface area contributed by atoms with Gasteiger partial charge in [0.15, 0.2) is 6.61 Å².